The maximum Gasteiger partial charge on any atom is 0.236 e. The first-order valence-electron chi connectivity index (χ1n) is 6.96. The predicted molar refractivity (Wildman–Crippen MR) is 90.9 cm³/mol. The van der Waals surface area contributed by atoms with Gasteiger partial charge in [-0.3, -0.25) is 4.72 Å². The minimum atomic E-state index is -3.41. The van der Waals surface area contributed by atoms with Crippen LogP contribution >= 0.6 is 11.3 Å². The molecule has 0 aliphatic carbocycles. The van der Waals surface area contributed by atoms with Crippen LogP contribution in [-0.4, -0.2) is 32.9 Å². The summed E-state index contributed by atoms with van der Waals surface area (Å²) >= 11 is 1.27. The summed E-state index contributed by atoms with van der Waals surface area (Å²) in [7, 11) is -1.94. The van der Waals surface area contributed by atoms with Crippen LogP contribution in [0.1, 0.15) is 25.3 Å². The highest BCUT2D eigenvalue weighted by Gasteiger charge is 2.13. The Balaban J connectivity index is 2.11. The zero-order valence-corrected chi connectivity index (χ0v) is 14.5. The molecule has 0 atom stereocenters. The number of thiazole rings is 1. The van der Waals surface area contributed by atoms with Gasteiger partial charge in [-0.25, -0.2) is 13.4 Å². The zero-order chi connectivity index (χ0) is 16.2. The molecule has 1 aromatic carbocycles. The molecule has 0 amide bonds. The second kappa shape index (κ2) is 7.21. The number of rotatable bonds is 7. The topological polar surface area (TPSA) is 68.3 Å². The normalized spacial score (nSPS) is 11.8. The Kier molecular flexibility index (Phi) is 5.55. The fourth-order valence-electron chi connectivity index (χ4n) is 1.87. The number of ether oxygens (including phenoxy) is 1. The van der Waals surface area contributed by atoms with Crippen LogP contribution in [0.15, 0.2) is 29.6 Å². The highest BCUT2D eigenvalue weighted by atomic mass is 32.2. The molecular formula is C15H20N2O3S2. The van der Waals surface area contributed by atoms with Crippen LogP contribution in [0.5, 0.6) is 0 Å². The first-order valence-corrected chi connectivity index (χ1v) is 9.50. The van der Waals surface area contributed by atoms with E-state index < -0.39 is 10.0 Å². The second-order valence-corrected chi connectivity index (χ2v) is 7.93. The number of hydrogen-bond acceptors (Lipinski definition) is 5. The van der Waals surface area contributed by atoms with Crippen molar-refractivity contribution in [2.75, 3.05) is 24.2 Å². The first-order chi connectivity index (χ1) is 10.4. The number of nitrogens with one attached hydrogen (secondary N) is 1. The Morgan fingerprint density at radius 2 is 1.95 bits per heavy atom. The van der Waals surface area contributed by atoms with E-state index in [1.807, 2.05) is 17.5 Å². The van der Waals surface area contributed by atoms with Crippen molar-refractivity contribution < 1.29 is 13.2 Å². The summed E-state index contributed by atoms with van der Waals surface area (Å²) in [6.45, 7) is 4.44. The Hall–Kier alpha value is -1.44. The quantitative estimate of drug-likeness (QED) is 0.839. The van der Waals surface area contributed by atoms with Gasteiger partial charge in [0.15, 0.2) is 5.13 Å². The van der Waals surface area contributed by atoms with Crippen LogP contribution in [0.25, 0.3) is 11.3 Å². The van der Waals surface area contributed by atoms with Gasteiger partial charge >= 0.3 is 0 Å². The lowest BCUT2D eigenvalue weighted by atomic mass is 10.0. The number of benzene rings is 1. The second-order valence-electron chi connectivity index (χ2n) is 5.23. The summed E-state index contributed by atoms with van der Waals surface area (Å²) in [6, 6.07) is 8.16. The zero-order valence-electron chi connectivity index (χ0n) is 12.9. The summed E-state index contributed by atoms with van der Waals surface area (Å²) in [6.07, 6.45) is 0. The number of nitrogens with zero attached hydrogens (tertiary/aromatic N) is 1. The van der Waals surface area contributed by atoms with Gasteiger partial charge in [-0.2, -0.15) is 0 Å². The van der Waals surface area contributed by atoms with Crippen LogP contribution in [0.4, 0.5) is 5.13 Å². The van der Waals surface area contributed by atoms with E-state index in [0.29, 0.717) is 11.0 Å². The molecule has 0 saturated heterocycles. The smallest absolute Gasteiger partial charge is 0.236 e. The maximum absolute atomic E-state index is 11.8. The molecule has 2 rings (SSSR count). The van der Waals surface area contributed by atoms with Gasteiger partial charge in [-0.1, -0.05) is 38.1 Å². The third-order valence-electron chi connectivity index (χ3n) is 3.18. The minimum Gasteiger partial charge on any atom is -0.384 e. The number of hydrogen-bond donors (Lipinski definition) is 1. The molecule has 0 radical (unpaired) electrons. The standard InChI is InChI=1S/C15H20N2O3S2/c1-11(2)12-4-6-13(7-5-12)14-10-21-15(16-14)17-22(18,19)9-8-20-3/h4-7,10-11H,8-9H2,1-3H3,(H,16,17). The molecular weight excluding hydrogens is 320 g/mol. The van der Waals surface area contributed by atoms with E-state index >= 15 is 0 Å². The van der Waals surface area contributed by atoms with Gasteiger partial charge in [0.1, 0.15) is 0 Å². The van der Waals surface area contributed by atoms with Gasteiger partial charge in [-0.05, 0) is 11.5 Å². The van der Waals surface area contributed by atoms with Crippen molar-refractivity contribution in [3.8, 4) is 11.3 Å². The van der Waals surface area contributed by atoms with E-state index in [1.165, 1.54) is 24.0 Å². The Morgan fingerprint density at radius 3 is 2.55 bits per heavy atom. The fourth-order valence-corrected chi connectivity index (χ4v) is 3.81. The summed E-state index contributed by atoms with van der Waals surface area (Å²) in [5, 5.41) is 2.22. The van der Waals surface area contributed by atoms with Crippen molar-refractivity contribution in [1.82, 2.24) is 4.98 Å². The van der Waals surface area contributed by atoms with Crippen molar-refractivity contribution in [1.29, 1.82) is 0 Å². The first kappa shape index (κ1) is 16.9. The van der Waals surface area contributed by atoms with Gasteiger partial charge < -0.3 is 4.74 Å². The highest BCUT2D eigenvalue weighted by molar-refractivity contribution is 7.92. The van der Waals surface area contributed by atoms with Crippen molar-refractivity contribution >= 4 is 26.5 Å². The van der Waals surface area contributed by atoms with E-state index in [2.05, 4.69) is 35.7 Å². The predicted octanol–water partition coefficient (Wildman–Crippen LogP) is 3.32. The molecule has 1 heterocycles. The van der Waals surface area contributed by atoms with Gasteiger partial charge in [0, 0.05) is 18.1 Å². The molecule has 0 bridgehead atoms. The molecule has 120 valence electrons. The Morgan fingerprint density at radius 1 is 1.27 bits per heavy atom. The molecule has 1 aromatic heterocycles. The number of sulfonamides is 1. The van der Waals surface area contributed by atoms with Crippen molar-refractivity contribution in [2.45, 2.75) is 19.8 Å². The molecule has 1 N–H and O–H groups in total. The molecule has 0 aliphatic rings. The fraction of sp³-hybridized carbons (Fsp3) is 0.400. The number of anilines is 1. The van der Waals surface area contributed by atoms with E-state index in [9.17, 15) is 8.42 Å². The van der Waals surface area contributed by atoms with E-state index in [-0.39, 0.29) is 12.4 Å². The highest BCUT2D eigenvalue weighted by Crippen LogP contribution is 2.27. The monoisotopic (exact) mass is 340 g/mol. The van der Waals surface area contributed by atoms with E-state index in [0.717, 1.165) is 11.3 Å². The lowest BCUT2D eigenvalue weighted by Gasteiger charge is -2.05. The van der Waals surface area contributed by atoms with Crippen LogP contribution in [0.3, 0.4) is 0 Å². The molecule has 0 unspecified atom stereocenters. The van der Waals surface area contributed by atoms with Crippen LogP contribution in [0, 0.1) is 0 Å². The Bertz CT molecular complexity index is 707. The minimum absolute atomic E-state index is 0.0818. The lowest BCUT2D eigenvalue weighted by molar-refractivity contribution is 0.217. The van der Waals surface area contributed by atoms with Gasteiger partial charge in [0.05, 0.1) is 18.1 Å². The molecule has 22 heavy (non-hydrogen) atoms. The summed E-state index contributed by atoms with van der Waals surface area (Å²) in [4.78, 5) is 4.34. The van der Waals surface area contributed by atoms with Crippen LogP contribution < -0.4 is 4.72 Å². The van der Waals surface area contributed by atoms with Gasteiger partial charge in [-0.15, -0.1) is 11.3 Å². The third-order valence-corrected chi connectivity index (χ3v) is 5.27. The van der Waals surface area contributed by atoms with Gasteiger partial charge in [0.2, 0.25) is 10.0 Å². The molecule has 5 nitrogen and oxygen atoms in total. The summed E-state index contributed by atoms with van der Waals surface area (Å²) in [5.74, 6) is 0.397. The van der Waals surface area contributed by atoms with Crippen molar-refractivity contribution in [2.24, 2.45) is 0 Å². The largest absolute Gasteiger partial charge is 0.384 e. The molecule has 0 saturated carbocycles. The number of methoxy groups -OCH3 is 1. The maximum atomic E-state index is 11.8. The van der Waals surface area contributed by atoms with Crippen molar-refractivity contribution in [3.05, 3.63) is 35.2 Å². The van der Waals surface area contributed by atoms with E-state index in [4.69, 9.17) is 4.74 Å². The molecule has 0 aliphatic heterocycles. The lowest BCUT2D eigenvalue weighted by Crippen LogP contribution is -2.19. The average Bonchev–Trinajstić information content (AvgIpc) is 2.93. The molecule has 2 aromatic rings. The molecule has 7 heteroatoms. The summed E-state index contributed by atoms with van der Waals surface area (Å²) < 4.78 is 30.9. The molecule has 0 spiro atoms. The molecule has 0 fully saturated rings. The van der Waals surface area contributed by atoms with Crippen molar-refractivity contribution in [3.63, 3.8) is 0 Å². The SMILES string of the molecule is COCCS(=O)(=O)Nc1nc(-c2ccc(C(C)C)cc2)cs1. The van der Waals surface area contributed by atoms with Gasteiger partial charge in [0.25, 0.3) is 0 Å². The number of aromatic nitrogens is 1. The van der Waals surface area contributed by atoms with E-state index in [1.54, 1.807) is 0 Å². The third kappa shape index (κ3) is 4.53. The van der Waals surface area contributed by atoms with Crippen LogP contribution in [0.2, 0.25) is 0 Å². The van der Waals surface area contributed by atoms with Crippen LogP contribution in [-0.2, 0) is 14.8 Å². The summed E-state index contributed by atoms with van der Waals surface area (Å²) in [5.41, 5.74) is 3.01. The average molecular weight is 340 g/mol. The Labute approximate surface area is 135 Å².